The van der Waals surface area contributed by atoms with E-state index in [1.807, 2.05) is 0 Å². The highest BCUT2D eigenvalue weighted by Crippen LogP contribution is 2.29. The molecule has 3 heterocycles. The largest absolute Gasteiger partial charge is 0.493 e. The Labute approximate surface area is 229 Å². The van der Waals surface area contributed by atoms with Gasteiger partial charge in [-0.2, -0.15) is 0 Å². The lowest BCUT2D eigenvalue weighted by Gasteiger charge is -2.38. The van der Waals surface area contributed by atoms with E-state index < -0.39 is 29.8 Å². The average molecular weight is 550 g/mol. The SMILES string of the molecule is COc1ccc2cc1OCC(=O)NCc1cc(F)cc(c1)O[C@@H]1CCN(C(=O)c3cccc(N)n3)C[C@@H]1NC2=O. The van der Waals surface area contributed by atoms with E-state index >= 15 is 0 Å². The molecule has 12 heteroatoms. The van der Waals surface area contributed by atoms with Crippen LogP contribution in [-0.4, -0.2) is 66.6 Å². The lowest BCUT2D eigenvalue weighted by molar-refractivity contribution is -0.123. The van der Waals surface area contributed by atoms with Crippen LogP contribution in [0.5, 0.6) is 17.2 Å². The number of hydrogen-bond donors (Lipinski definition) is 3. The lowest BCUT2D eigenvalue weighted by atomic mass is 10.00. The highest BCUT2D eigenvalue weighted by Gasteiger charge is 2.35. The van der Waals surface area contributed by atoms with E-state index in [0.717, 1.165) is 0 Å². The number of benzene rings is 2. The normalized spacial score (nSPS) is 19.3. The Kier molecular flexibility index (Phi) is 7.67. The number of rotatable bonds is 2. The van der Waals surface area contributed by atoms with E-state index in [1.165, 1.54) is 25.3 Å². The number of nitrogens with two attached hydrogens (primary N) is 1. The fraction of sp³-hybridized carbons (Fsp3) is 0.286. The van der Waals surface area contributed by atoms with E-state index in [1.54, 1.807) is 41.3 Å². The zero-order valence-electron chi connectivity index (χ0n) is 21.7. The van der Waals surface area contributed by atoms with Crippen LogP contribution in [-0.2, 0) is 11.3 Å². The summed E-state index contributed by atoms with van der Waals surface area (Å²) in [6.45, 7) is 0.127. The molecule has 0 radical (unpaired) electrons. The van der Waals surface area contributed by atoms with Crippen molar-refractivity contribution in [3.8, 4) is 17.2 Å². The molecular weight excluding hydrogens is 521 g/mol. The van der Waals surface area contributed by atoms with Crippen molar-refractivity contribution in [3.63, 3.8) is 0 Å². The van der Waals surface area contributed by atoms with E-state index in [4.69, 9.17) is 19.9 Å². The van der Waals surface area contributed by atoms with Crippen molar-refractivity contribution in [1.82, 2.24) is 20.5 Å². The number of nitrogens with zero attached hydrogens (tertiary/aromatic N) is 2. The number of nitrogens with one attached hydrogen (secondary N) is 2. The predicted molar refractivity (Wildman–Crippen MR) is 142 cm³/mol. The quantitative estimate of drug-likeness (QED) is 0.440. The number of pyridine rings is 1. The minimum Gasteiger partial charge on any atom is -0.493 e. The Balaban J connectivity index is 1.47. The second-order valence-electron chi connectivity index (χ2n) is 9.45. The molecule has 4 bridgehead atoms. The number of likely N-dealkylation sites (tertiary alicyclic amines) is 1. The highest BCUT2D eigenvalue weighted by molar-refractivity contribution is 5.95. The van der Waals surface area contributed by atoms with E-state index in [0.29, 0.717) is 24.3 Å². The number of carbonyl (C=O) groups is 3. The number of fused-ring (bicyclic) bond motifs is 5. The third kappa shape index (κ3) is 6.06. The Morgan fingerprint density at radius 2 is 2.02 bits per heavy atom. The summed E-state index contributed by atoms with van der Waals surface area (Å²) < 4.78 is 31.6. The van der Waals surface area contributed by atoms with E-state index in [9.17, 15) is 18.8 Å². The van der Waals surface area contributed by atoms with Crippen LogP contribution in [0.25, 0.3) is 0 Å². The van der Waals surface area contributed by atoms with Gasteiger partial charge in [-0.05, 0) is 48.0 Å². The van der Waals surface area contributed by atoms with Crippen LogP contribution in [0.3, 0.4) is 0 Å². The number of piperidine rings is 1. The summed E-state index contributed by atoms with van der Waals surface area (Å²) >= 11 is 0. The van der Waals surface area contributed by atoms with Crippen molar-refractivity contribution in [1.29, 1.82) is 0 Å². The number of hydrogen-bond acceptors (Lipinski definition) is 8. The van der Waals surface area contributed by atoms with Crippen LogP contribution in [0.2, 0.25) is 0 Å². The zero-order valence-corrected chi connectivity index (χ0v) is 21.7. The van der Waals surface area contributed by atoms with Gasteiger partial charge < -0.3 is 35.5 Å². The van der Waals surface area contributed by atoms with Crippen molar-refractivity contribution in [2.24, 2.45) is 0 Å². The number of aromatic nitrogens is 1. The molecule has 2 aliphatic heterocycles. The maximum atomic E-state index is 14.5. The van der Waals surface area contributed by atoms with Crippen LogP contribution >= 0.6 is 0 Å². The van der Waals surface area contributed by atoms with Gasteiger partial charge in [0.15, 0.2) is 18.1 Å². The fourth-order valence-electron chi connectivity index (χ4n) is 4.67. The fourth-order valence-corrected chi connectivity index (χ4v) is 4.67. The summed E-state index contributed by atoms with van der Waals surface area (Å²) in [5, 5.41) is 5.64. The molecule has 1 aromatic heterocycles. The van der Waals surface area contributed by atoms with Crippen molar-refractivity contribution < 1.29 is 33.0 Å². The zero-order chi connectivity index (χ0) is 28.2. The molecule has 1 saturated heterocycles. The second kappa shape index (κ2) is 11.5. The summed E-state index contributed by atoms with van der Waals surface area (Å²) in [4.78, 5) is 44.7. The molecule has 40 heavy (non-hydrogen) atoms. The average Bonchev–Trinajstić information content (AvgIpc) is 2.94. The van der Waals surface area contributed by atoms with Crippen LogP contribution < -0.4 is 30.6 Å². The molecular formula is C28H28FN5O6. The summed E-state index contributed by atoms with van der Waals surface area (Å²) in [5.74, 6) is -0.784. The van der Waals surface area contributed by atoms with Gasteiger partial charge in [-0.25, -0.2) is 9.37 Å². The van der Waals surface area contributed by atoms with Gasteiger partial charge in [-0.15, -0.1) is 0 Å². The van der Waals surface area contributed by atoms with Gasteiger partial charge >= 0.3 is 0 Å². The van der Waals surface area contributed by atoms with E-state index in [-0.39, 0.29) is 54.2 Å². The molecule has 11 nitrogen and oxygen atoms in total. The first-order valence-electron chi connectivity index (χ1n) is 12.7. The molecule has 0 saturated carbocycles. The molecule has 4 N–H and O–H groups in total. The number of amides is 3. The number of halogens is 1. The van der Waals surface area contributed by atoms with Crippen LogP contribution in [0, 0.1) is 5.82 Å². The first kappa shape index (κ1) is 26.7. The first-order valence-corrected chi connectivity index (χ1v) is 12.7. The lowest BCUT2D eigenvalue weighted by Crippen LogP contribution is -2.58. The maximum absolute atomic E-state index is 14.5. The molecule has 3 amide bonds. The van der Waals surface area contributed by atoms with Gasteiger partial charge in [0.2, 0.25) is 0 Å². The molecule has 1 fully saturated rings. The Morgan fingerprint density at radius 1 is 1.18 bits per heavy atom. The van der Waals surface area contributed by atoms with E-state index in [2.05, 4.69) is 15.6 Å². The Hall–Kier alpha value is -4.87. The van der Waals surface area contributed by atoms with Crippen molar-refractivity contribution in [2.75, 3.05) is 32.5 Å². The number of nitrogen functional groups attached to an aromatic ring is 1. The van der Waals surface area contributed by atoms with Crippen LogP contribution in [0.1, 0.15) is 32.8 Å². The maximum Gasteiger partial charge on any atom is 0.272 e. The van der Waals surface area contributed by atoms with Gasteiger partial charge in [-0.3, -0.25) is 14.4 Å². The number of ether oxygens (including phenoxy) is 3. The Morgan fingerprint density at radius 3 is 2.83 bits per heavy atom. The summed E-state index contributed by atoms with van der Waals surface area (Å²) in [6.07, 6.45) is -0.244. The summed E-state index contributed by atoms with van der Waals surface area (Å²) in [6, 6.07) is 12.9. The third-order valence-electron chi connectivity index (χ3n) is 6.64. The van der Waals surface area contributed by atoms with Crippen LogP contribution in [0.15, 0.2) is 54.6 Å². The molecule has 2 aromatic carbocycles. The Bertz CT molecular complexity index is 1450. The number of anilines is 1. The molecule has 3 aromatic rings. The van der Waals surface area contributed by atoms with Gasteiger partial charge in [0.1, 0.15) is 29.2 Å². The standard InChI is InChI=1S/C28H28FN5O6/c1-38-23-6-5-17-11-24(23)39-15-26(35)31-13-16-9-18(29)12-19(10-16)40-22-7-8-34(14-21(22)33-27(17)36)28(37)20-3-2-4-25(30)32-20/h2-6,9-12,21-22H,7-8,13-15H2,1H3,(H2,30,32)(H,31,35)(H,33,36)/t21-,22+/m0/s1. The number of methoxy groups -OCH3 is 1. The molecule has 2 aliphatic rings. The van der Waals surface area contributed by atoms with Gasteiger partial charge in [0, 0.05) is 37.7 Å². The molecule has 208 valence electrons. The topological polar surface area (TPSA) is 145 Å². The summed E-state index contributed by atoms with van der Waals surface area (Å²) in [7, 11) is 1.44. The van der Waals surface area contributed by atoms with Crippen molar-refractivity contribution in [3.05, 3.63) is 77.2 Å². The third-order valence-corrected chi connectivity index (χ3v) is 6.64. The van der Waals surface area contributed by atoms with Gasteiger partial charge in [0.25, 0.3) is 17.7 Å². The van der Waals surface area contributed by atoms with Crippen molar-refractivity contribution >= 4 is 23.5 Å². The molecule has 0 unspecified atom stereocenters. The molecule has 5 rings (SSSR count). The molecule has 0 aliphatic carbocycles. The molecule has 0 spiro atoms. The molecule has 2 atom stereocenters. The second-order valence-corrected chi connectivity index (χ2v) is 9.45. The van der Waals surface area contributed by atoms with Gasteiger partial charge in [0.05, 0.1) is 13.2 Å². The summed E-state index contributed by atoms with van der Waals surface area (Å²) in [5.41, 5.74) is 6.68. The minimum absolute atomic E-state index is 0.0494. The number of carbonyl (C=O) groups excluding carboxylic acids is 3. The predicted octanol–water partition coefficient (Wildman–Crippen LogP) is 1.91. The smallest absolute Gasteiger partial charge is 0.272 e. The highest BCUT2D eigenvalue weighted by atomic mass is 19.1. The van der Waals surface area contributed by atoms with Gasteiger partial charge in [-0.1, -0.05) is 6.07 Å². The van der Waals surface area contributed by atoms with Crippen LogP contribution in [0.4, 0.5) is 10.2 Å². The monoisotopic (exact) mass is 549 g/mol. The first-order chi connectivity index (χ1) is 19.3. The van der Waals surface area contributed by atoms with Crippen molar-refractivity contribution in [2.45, 2.75) is 25.1 Å². The minimum atomic E-state index is -0.656.